The van der Waals surface area contributed by atoms with E-state index in [1.807, 2.05) is 44.2 Å². The molecule has 0 spiro atoms. The predicted octanol–water partition coefficient (Wildman–Crippen LogP) is 3.60. The van der Waals surface area contributed by atoms with E-state index < -0.39 is 5.63 Å². The Balaban J connectivity index is 1.79. The zero-order valence-corrected chi connectivity index (χ0v) is 13.7. The Morgan fingerprint density at radius 3 is 2.84 bits per heavy atom. The monoisotopic (exact) mass is 330 g/mol. The van der Waals surface area contributed by atoms with Gasteiger partial charge in [-0.2, -0.15) is 0 Å². The van der Waals surface area contributed by atoms with Crippen molar-refractivity contribution in [3.8, 4) is 11.3 Å². The van der Waals surface area contributed by atoms with Gasteiger partial charge in [-0.3, -0.25) is 5.10 Å². The minimum atomic E-state index is -0.394. The largest absolute Gasteiger partial charge is 0.422 e. The van der Waals surface area contributed by atoms with Crippen LogP contribution in [0.15, 0.2) is 51.8 Å². The lowest BCUT2D eigenvalue weighted by Gasteiger charge is -1.99. The second-order valence-electron chi connectivity index (χ2n) is 6.22. The van der Waals surface area contributed by atoms with Crippen molar-refractivity contribution in [1.82, 2.24) is 19.6 Å². The van der Waals surface area contributed by atoms with Crippen LogP contribution in [0.2, 0.25) is 0 Å². The smallest absolute Gasteiger partial charge is 0.345 e. The lowest BCUT2D eigenvalue weighted by atomic mass is 10.1. The van der Waals surface area contributed by atoms with Crippen LogP contribution in [0.1, 0.15) is 11.3 Å². The lowest BCUT2D eigenvalue weighted by Crippen LogP contribution is -2.02. The van der Waals surface area contributed by atoms with Gasteiger partial charge in [0, 0.05) is 11.1 Å². The first kappa shape index (κ1) is 14.0. The Morgan fingerprint density at radius 2 is 1.96 bits per heavy atom. The summed E-state index contributed by atoms with van der Waals surface area (Å²) in [4.78, 5) is 21.5. The number of benzene rings is 1. The maximum Gasteiger partial charge on any atom is 0.345 e. The molecule has 5 aromatic rings. The fraction of sp³-hybridized carbons (Fsp3) is 0.105. The summed E-state index contributed by atoms with van der Waals surface area (Å²) in [7, 11) is 0. The molecule has 0 radical (unpaired) electrons. The van der Waals surface area contributed by atoms with Gasteiger partial charge < -0.3 is 4.42 Å². The van der Waals surface area contributed by atoms with E-state index in [0.717, 1.165) is 33.3 Å². The van der Waals surface area contributed by atoms with E-state index in [1.165, 1.54) is 0 Å². The molecule has 6 nitrogen and oxygen atoms in total. The first-order valence-corrected chi connectivity index (χ1v) is 7.98. The summed E-state index contributed by atoms with van der Waals surface area (Å²) >= 11 is 0. The van der Waals surface area contributed by atoms with Crippen LogP contribution < -0.4 is 5.63 Å². The number of hydrogen-bond acceptors (Lipinski definition) is 4. The van der Waals surface area contributed by atoms with E-state index >= 15 is 0 Å². The number of imidazole rings is 1. The molecule has 0 bridgehead atoms. The number of nitrogens with zero attached hydrogens (tertiary/aromatic N) is 3. The molecule has 0 saturated carbocycles. The summed E-state index contributed by atoms with van der Waals surface area (Å²) in [6.07, 6.45) is 1.80. The molecule has 4 heterocycles. The Kier molecular flexibility index (Phi) is 2.68. The van der Waals surface area contributed by atoms with Crippen molar-refractivity contribution in [2.24, 2.45) is 0 Å². The van der Waals surface area contributed by atoms with Gasteiger partial charge in [-0.1, -0.05) is 18.2 Å². The van der Waals surface area contributed by atoms with Crippen molar-refractivity contribution in [3.05, 3.63) is 64.3 Å². The predicted molar refractivity (Wildman–Crippen MR) is 95.8 cm³/mol. The van der Waals surface area contributed by atoms with Gasteiger partial charge in [0.1, 0.15) is 5.58 Å². The van der Waals surface area contributed by atoms with Crippen LogP contribution in [0.25, 0.3) is 38.9 Å². The zero-order chi connectivity index (χ0) is 17.1. The molecule has 0 aliphatic rings. The van der Waals surface area contributed by atoms with Crippen molar-refractivity contribution < 1.29 is 4.42 Å². The summed E-state index contributed by atoms with van der Waals surface area (Å²) in [6.45, 7) is 3.99. The molecular formula is C19H14N4O2. The molecule has 0 fully saturated rings. The van der Waals surface area contributed by atoms with E-state index in [1.54, 1.807) is 16.8 Å². The number of rotatable bonds is 1. The highest BCUT2D eigenvalue weighted by Crippen LogP contribution is 2.26. The molecule has 5 rings (SSSR count). The maximum atomic E-state index is 12.4. The summed E-state index contributed by atoms with van der Waals surface area (Å²) in [5, 5.41) is 5.04. The van der Waals surface area contributed by atoms with E-state index in [-0.39, 0.29) is 0 Å². The topological polar surface area (TPSA) is 76.2 Å². The fourth-order valence-corrected chi connectivity index (χ4v) is 3.33. The third kappa shape index (κ3) is 2.00. The van der Waals surface area contributed by atoms with Gasteiger partial charge in [0.15, 0.2) is 11.3 Å². The van der Waals surface area contributed by atoms with Crippen molar-refractivity contribution >= 4 is 27.6 Å². The maximum absolute atomic E-state index is 12.4. The molecular weight excluding hydrogens is 316 g/mol. The van der Waals surface area contributed by atoms with Gasteiger partial charge in [0.05, 0.1) is 22.8 Å². The van der Waals surface area contributed by atoms with Gasteiger partial charge in [0.2, 0.25) is 0 Å². The van der Waals surface area contributed by atoms with Crippen molar-refractivity contribution in [2.75, 3.05) is 0 Å². The molecule has 0 saturated heterocycles. The average Bonchev–Trinajstić information content (AvgIpc) is 3.10. The van der Waals surface area contributed by atoms with Gasteiger partial charge in [0.25, 0.3) is 0 Å². The second-order valence-corrected chi connectivity index (χ2v) is 6.22. The van der Waals surface area contributed by atoms with Crippen LogP contribution in [0.3, 0.4) is 0 Å². The van der Waals surface area contributed by atoms with Crippen LogP contribution >= 0.6 is 0 Å². The number of aromatic nitrogens is 4. The molecule has 0 unspecified atom stereocenters. The van der Waals surface area contributed by atoms with Crippen LogP contribution in [0.5, 0.6) is 0 Å². The Bertz CT molecular complexity index is 1340. The number of para-hydroxylation sites is 1. The average molecular weight is 330 g/mol. The number of nitrogens with one attached hydrogen (secondary N) is 1. The molecule has 4 aromatic heterocycles. The standard InChI is InChI=1S/C19H14N4O2/c1-10-7-11(2)20-17-16(10)18-21-14(9-23(18)22-17)13-8-12-5-3-4-6-15(12)25-19(13)24/h3-9H,1-2H3,(H,20,22). The van der Waals surface area contributed by atoms with Gasteiger partial charge in [-0.25, -0.2) is 19.3 Å². The molecule has 1 N–H and O–H groups in total. The normalized spacial score (nSPS) is 11.8. The highest BCUT2D eigenvalue weighted by molar-refractivity contribution is 5.94. The van der Waals surface area contributed by atoms with E-state index in [2.05, 4.69) is 15.1 Å². The van der Waals surface area contributed by atoms with E-state index in [4.69, 9.17) is 4.42 Å². The highest BCUT2D eigenvalue weighted by Gasteiger charge is 2.16. The Morgan fingerprint density at radius 1 is 1.12 bits per heavy atom. The van der Waals surface area contributed by atoms with Crippen molar-refractivity contribution in [2.45, 2.75) is 13.8 Å². The minimum Gasteiger partial charge on any atom is -0.422 e. The van der Waals surface area contributed by atoms with Crippen LogP contribution in [0, 0.1) is 13.8 Å². The molecule has 1 aromatic carbocycles. The number of hydrogen-bond donors (Lipinski definition) is 1. The Hall–Kier alpha value is -3.41. The molecule has 0 amide bonds. The number of H-pyrrole nitrogens is 1. The third-order valence-electron chi connectivity index (χ3n) is 4.42. The van der Waals surface area contributed by atoms with Gasteiger partial charge in [-0.05, 0) is 37.6 Å². The molecule has 25 heavy (non-hydrogen) atoms. The van der Waals surface area contributed by atoms with Crippen LogP contribution in [-0.4, -0.2) is 19.6 Å². The minimum absolute atomic E-state index is 0.394. The van der Waals surface area contributed by atoms with Crippen LogP contribution in [-0.2, 0) is 0 Å². The molecule has 6 heteroatoms. The number of pyridine rings is 1. The first-order valence-electron chi connectivity index (χ1n) is 7.98. The van der Waals surface area contributed by atoms with E-state index in [9.17, 15) is 4.79 Å². The summed E-state index contributed by atoms with van der Waals surface area (Å²) in [5.41, 5.74) is 4.78. The SMILES string of the molecule is Cc1cc(C)c2c(n1)[nH]n1cc(-c3cc4ccccc4oc3=O)nc21. The highest BCUT2D eigenvalue weighted by atomic mass is 16.4. The van der Waals surface area contributed by atoms with Gasteiger partial charge in [-0.15, -0.1) is 0 Å². The summed E-state index contributed by atoms with van der Waals surface area (Å²) in [5.74, 6) is 0. The van der Waals surface area contributed by atoms with Gasteiger partial charge >= 0.3 is 5.63 Å². The fourth-order valence-electron chi connectivity index (χ4n) is 3.33. The third-order valence-corrected chi connectivity index (χ3v) is 4.42. The molecule has 0 atom stereocenters. The quantitative estimate of drug-likeness (QED) is 0.476. The summed E-state index contributed by atoms with van der Waals surface area (Å²) in [6, 6.07) is 11.3. The van der Waals surface area contributed by atoms with Crippen molar-refractivity contribution in [1.29, 1.82) is 0 Å². The molecule has 0 aliphatic carbocycles. The van der Waals surface area contributed by atoms with Crippen molar-refractivity contribution in [3.63, 3.8) is 0 Å². The molecule has 122 valence electrons. The molecule has 0 aliphatic heterocycles. The number of aromatic amines is 1. The number of fused-ring (bicyclic) bond motifs is 4. The first-order chi connectivity index (χ1) is 12.1. The van der Waals surface area contributed by atoms with E-state index in [0.29, 0.717) is 16.8 Å². The summed E-state index contributed by atoms with van der Waals surface area (Å²) < 4.78 is 7.22. The zero-order valence-electron chi connectivity index (χ0n) is 13.7. The number of aryl methyl sites for hydroxylation is 2. The lowest BCUT2D eigenvalue weighted by molar-refractivity contribution is 0.563. The second kappa shape index (κ2) is 4.80. The van der Waals surface area contributed by atoms with Crippen LogP contribution in [0.4, 0.5) is 0 Å². The Labute approximate surface area is 141 Å².